The highest BCUT2D eigenvalue weighted by molar-refractivity contribution is 6.31. The van der Waals surface area contributed by atoms with Gasteiger partial charge in [0.15, 0.2) is 0 Å². The number of methoxy groups -OCH3 is 1. The van der Waals surface area contributed by atoms with Gasteiger partial charge in [0, 0.05) is 11.1 Å². The molecule has 2 rings (SSSR count). The lowest BCUT2D eigenvalue weighted by Gasteiger charge is -2.35. The Hall–Kier alpha value is -0.730. The molecule has 0 heterocycles. The van der Waals surface area contributed by atoms with Crippen LogP contribution in [-0.4, -0.2) is 14.2 Å². The van der Waals surface area contributed by atoms with Crippen molar-refractivity contribution in [2.45, 2.75) is 38.6 Å². The Morgan fingerprint density at radius 2 is 2.00 bits per heavy atom. The molecule has 0 amide bonds. The van der Waals surface area contributed by atoms with Crippen molar-refractivity contribution in [1.82, 2.24) is 5.32 Å². The summed E-state index contributed by atoms with van der Waals surface area (Å²) in [5.41, 5.74) is 1.50. The Morgan fingerprint density at radius 1 is 1.33 bits per heavy atom. The van der Waals surface area contributed by atoms with Crippen molar-refractivity contribution in [2.75, 3.05) is 14.2 Å². The van der Waals surface area contributed by atoms with E-state index in [9.17, 15) is 0 Å². The van der Waals surface area contributed by atoms with Crippen molar-refractivity contribution in [3.63, 3.8) is 0 Å². The number of nitrogens with one attached hydrogen (secondary N) is 1. The highest BCUT2D eigenvalue weighted by Gasteiger charge is 2.37. The molecule has 1 atom stereocenters. The Kier molecular flexibility index (Phi) is 4.18. The van der Waals surface area contributed by atoms with Crippen LogP contribution in [0.4, 0.5) is 0 Å². The van der Waals surface area contributed by atoms with E-state index in [0.717, 1.165) is 10.8 Å². The van der Waals surface area contributed by atoms with E-state index in [4.69, 9.17) is 16.3 Å². The minimum Gasteiger partial charge on any atom is -0.497 e. The second-order valence-electron chi connectivity index (χ2n) is 5.47. The molecular weight excluding hydrogens is 246 g/mol. The monoisotopic (exact) mass is 267 g/mol. The third kappa shape index (κ3) is 2.50. The molecule has 0 aliphatic heterocycles. The van der Waals surface area contributed by atoms with Crippen molar-refractivity contribution in [3.8, 4) is 5.75 Å². The van der Waals surface area contributed by atoms with Gasteiger partial charge in [-0.25, -0.2) is 0 Å². The maximum absolute atomic E-state index is 6.40. The molecule has 1 saturated carbocycles. The first-order valence-corrected chi connectivity index (χ1v) is 6.99. The van der Waals surface area contributed by atoms with Gasteiger partial charge in [0.25, 0.3) is 0 Å². The lowest BCUT2D eigenvalue weighted by molar-refractivity contribution is 0.233. The van der Waals surface area contributed by atoms with Gasteiger partial charge in [0.05, 0.1) is 7.11 Å². The summed E-state index contributed by atoms with van der Waals surface area (Å²) in [6, 6.07) is 6.30. The number of rotatable bonds is 4. The lowest BCUT2D eigenvalue weighted by Crippen LogP contribution is -2.32. The number of hydrogen-bond acceptors (Lipinski definition) is 2. The molecular formula is C15H22ClNO. The van der Waals surface area contributed by atoms with Gasteiger partial charge in [-0.1, -0.05) is 37.4 Å². The van der Waals surface area contributed by atoms with Gasteiger partial charge >= 0.3 is 0 Å². The molecule has 3 heteroatoms. The first kappa shape index (κ1) is 13.7. The maximum Gasteiger partial charge on any atom is 0.120 e. The highest BCUT2D eigenvalue weighted by atomic mass is 35.5. The zero-order valence-corrected chi connectivity index (χ0v) is 12.2. The summed E-state index contributed by atoms with van der Waals surface area (Å²) >= 11 is 6.40. The molecule has 100 valence electrons. The van der Waals surface area contributed by atoms with E-state index < -0.39 is 0 Å². The lowest BCUT2D eigenvalue weighted by atomic mass is 9.77. The molecule has 0 bridgehead atoms. The number of hydrogen-bond donors (Lipinski definition) is 1. The maximum atomic E-state index is 6.40. The van der Waals surface area contributed by atoms with Crippen LogP contribution in [0.1, 0.15) is 44.2 Å². The predicted molar refractivity (Wildman–Crippen MR) is 76.4 cm³/mol. The van der Waals surface area contributed by atoms with Crippen LogP contribution < -0.4 is 10.1 Å². The first-order valence-electron chi connectivity index (χ1n) is 6.61. The SMILES string of the molecule is CNC(c1ccc(OC)cc1Cl)C1(C)CCCC1. The number of ether oxygens (including phenoxy) is 1. The van der Waals surface area contributed by atoms with Crippen LogP contribution in [-0.2, 0) is 0 Å². The van der Waals surface area contributed by atoms with Gasteiger partial charge in [-0.3, -0.25) is 0 Å². The standard InChI is InChI=1S/C15H22ClNO/c1-15(8-4-5-9-15)14(17-2)12-7-6-11(18-3)10-13(12)16/h6-7,10,14,17H,4-5,8-9H2,1-3H3. The fourth-order valence-corrected chi connectivity index (χ4v) is 3.50. The third-order valence-corrected chi connectivity index (χ3v) is 4.58. The molecule has 0 spiro atoms. The van der Waals surface area contributed by atoms with Crippen molar-refractivity contribution < 1.29 is 4.74 Å². The van der Waals surface area contributed by atoms with Crippen molar-refractivity contribution in [3.05, 3.63) is 28.8 Å². The van der Waals surface area contributed by atoms with E-state index in [1.54, 1.807) is 7.11 Å². The van der Waals surface area contributed by atoms with Crippen LogP contribution >= 0.6 is 11.6 Å². The quantitative estimate of drug-likeness (QED) is 0.883. The van der Waals surface area contributed by atoms with Gasteiger partial charge in [-0.05, 0) is 43.0 Å². The predicted octanol–water partition coefficient (Wildman–Crippen LogP) is 4.19. The van der Waals surface area contributed by atoms with Crippen LogP contribution in [0.5, 0.6) is 5.75 Å². The van der Waals surface area contributed by atoms with Gasteiger partial charge in [-0.2, -0.15) is 0 Å². The minimum absolute atomic E-state index is 0.312. The Bertz CT molecular complexity index is 413. The van der Waals surface area contributed by atoms with Crippen LogP contribution in [0.25, 0.3) is 0 Å². The van der Waals surface area contributed by atoms with E-state index in [1.807, 2.05) is 19.2 Å². The molecule has 2 nitrogen and oxygen atoms in total. The van der Waals surface area contributed by atoms with Gasteiger partial charge < -0.3 is 10.1 Å². The molecule has 1 N–H and O–H groups in total. The van der Waals surface area contributed by atoms with Crippen LogP contribution in [0.15, 0.2) is 18.2 Å². The molecule has 1 aliphatic rings. The molecule has 1 fully saturated rings. The van der Waals surface area contributed by atoms with Crippen molar-refractivity contribution in [1.29, 1.82) is 0 Å². The molecule has 1 aliphatic carbocycles. The molecule has 1 unspecified atom stereocenters. The summed E-state index contributed by atoms with van der Waals surface area (Å²) in [4.78, 5) is 0. The van der Waals surface area contributed by atoms with Crippen molar-refractivity contribution >= 4 is 11.6 Å². The molecule has 0 aromatic heterocycles. The zero-order chi connectivity index (χ0) is 13.2. The fourth-order valence-electron chi connectivity index (χ4n) is 3.22. The average Bonchev–Trinajstić information content (AvgIpc) is 2.79. The van der Waals surface area contributed by atoms with E-state index in [-0.39, 0.29) is 0 Å². The fraction of sp³-hybridized carbons (Fsp3) is 0.600. The smallest absolute Gasteiger partial charge is 0.120 e. The van der Waals surface area contributed by atoms with Crippen LogP contribution in [0, 0.1) is 5.41 Å². The summed E-state index contributed by atoms with van der Waals surface area (Å²) in [6.45, 7) is 2.36. The topological polar surface area (TPSA) is 21.3 Å². The second-order valence-corrected chi connectivity index (χ2v) is 5.88. The Balaban J connectivity index is 2.32. The largest absolute Gasteiger partial charge is 0.497 e. The van der Waals surface area contributed by atoms with E-state index >= 15 is 0 Å². The van der Waals surface area contributed by atoms with Crippen molar-refractivity contribution in [2.24, 2.45) is 5.41 Å². The summed E-state index contributed by atoms with van der Waals surface area (Å²) in [6.07, 6.45) is 5.17. The molecule has 0 saturated heterocycles. The third-order valence-electron chi connectivity index (χ3n) is 4.25. The second kappa shape index (κ2) is 5.50. The summed E-state index contributed by atoms with van der Waals surface area (Å²) in [5.74, 6) is 0.815. The van der Waals surface area contributed by atoms with E-state index in [1.165, 1.54) is 31.2 Å². The molecule has 0 radical (unpaired) electrons. The summed E-state index contributed by atoms with van der Waals surface area (Å²) < 4.78 is 5.21. The normalized spacial score (nSPS) is 19.8. The van der Waals surface area contributed by atoms with E-state index in [0.29, 0.717) is 11.5 Å². The van der Waals surface area contributed by atoms with Gasteiger partial charge in [0.2, 0.25) is 0 Å². The number of halogens is 1. The van der Waals surface area contributed by atoms with Gasteiger partial charge in [-0.15, -0.1) is 0 Å². The molecule has 18 heavy (non-hydrogen) atoms. The summed E-state index contributed by atoms with van der Waals surface area (Å²) in [7, 11) is 3.69. The molecule has 1 aromatic rings. The Labute approximate surface area is 115 Å². The van der Waals surface area contributed by atoms with Gasteiger partial charge in [0.1, 0.15) is 5.75 Å². The molecule has 1 aromatic carbocycles. The minimum atomic E-state index is 0.312. The Morgan fingerprint density at radius 3 is 2.50 bits per heavy atom. The average molecular weight is 268 g/mol. The zero-order valence-electron chi connectivity index (χ0n) is 11.4. The first-order chi connectivity index (χ1) is 8.60. The van der Waals surface area contributed by atoms with Crippen LogP contribution in [0.2, 0.25) is 5.02 Å². The highest BCUT2D eigenvalue weighted by Crippen LogP contribution is 2.48. The van der Waals surface area contributed by atoms with E-state index in [2.05, 4.69) is 18.3 Å². The number of benzene rings is 1. The summed E-state index contributed by atoms with van der Waals surface area (Å²) in [5, 5.41) is 4.25. The van der Waals surface area contributed by atoms with Crippen LogP contribution in [0.3, 0.4) is 0 Å².